The highest BCUT2D eigenvalue weighted by Gasteiger charge is 2.30. The maximum Gasteiger partial charge on any atom is 0.339 e. The fourth-order valence-corrected chi connectivity index (χ4v) is 3.11. The molecule has 0 saturated carbocycles. The summed E-state index contributed by atoms with van der Waals surface area (Å²) in [5.74, 6) is -0.241. The average molecular weight is 262 g/mol. The molecule has 0 radical (unpaired) electrons. The molecule has 4 nitrogen and oxygen atoms in total. The maximum atomic E-state index is 11.5. The van der Waals surface area contributed by atoms with Crippen molar-refractivity contribution in [2.75, 3.05) is 4.90 Å². The minimum Gasteiger partial charge on any atom is -0.478 e. The van der Waals surface area contributed by atoms with Crippen LogP contribution < -0.4 is 4.90 Å². The number of hydrogen-bond acceptors (Lipinski definition) is 3. The second-order valence-electron chi connectivity index (χ2n) is 5.62. The summed E-state index contributed by atoms with van der Waals surface area (Å²) in [4.78, 5) is 18.3. The molecule has 1 aliphatic heterocycles. The smallest absolute Gasteiger partial charge is 0.339 e. The van der Waals surface area contributed by atoms with Crippen molar-refractivity contribution in [1.29, 1.82) is 0 Å². The molecule has 4 heteroatoms. The van der Waals surface area contributed by atoms with E-state index in [1.807, 2.05) is 19.9 Å². The number of piperidine rings is 1. The summed E-state index contributed by atoms with van der Waals surface area (Å²) in [6, 6.07) is 2.53. The second-order valence-corrected chi connectivity index (χ2v) is 5.62. The Hall–Kier alpha value is -1.58. The van der Waals surface area contributed by atoms with Gasteiger partial charge < -0.3 is 10.0 Å². The summed E-state index contributed by atoms with van der Waals surface area (Å²) in [5, 5.41) is 9.47. The number of aromatic nitrogens is 1. The van der Waals surface area contributed by atoms with Crippen LogP contribution in [0, 0.1) is 13.8 Å². The van der Waals surface area contributed by atoms with E-state index in [1.54, 1.807) is 0 Å². The summed E-state index contributed by atoms with van der Waals surface area (Å²) in [6.07, 6.45) is 3.39. The number of carboxylic acids is 1. The van der Waals surface area contributed by atoms with E-state index in [2.05, 4.69) is 23.7 Å². The molecular formula is C15H22N2O2. The molecule has 1 fully saturated rings. The van der Waals surface area contributed by atoms with Gasteiger partial charge >= 0.3 is 5.97 Å². The normalized spacial score (nSPS) is 23.5. The van der Waals surface area contributed by atoms with Gasteiger partial charge in [0, 0.05) is 17.8 Å². The molecule has 104 valence electrons. The van der Waals surface area contributed by atoms with Crippen LogP contribution in [0.25, 0.3) is 0 Å². The molecular weight excluding hydrogens is 240 g/mol. The van der Waals surface area contributed by atoms with Crippen LogP contribution in [0.4, 0.5) is 5.82 Å². The molecule has 2 unspecified atom stereocenters. The number of hydrogen-bond donors (Lipinski definition) is 1. The third-order valence-electron chi connectivity index (χ3n) is 3.98. The summed E-state index contributed by atoms with van der Waals surface area (Å²) in [7, 11) is 0. The van der Waals surface area contributed by atoms with Gasteiger partial charge in [-0.1, -0.05) is 0 Å². The molecule has 2 rings (SSSR count). The summed E-state index contributed by atoms with van der Waals surface area (Å²) >= 11 is 0. The fraction of sp³-hybridized carbons (Fsp3) is 0.600. The van der Waals surface area contributed by atoms with Crippen LogP contribution in [0.5, 0.6) is 0 Å². The van der Waals surface area contributed by atoms with Gasteiger partial charge in [-0.15, -0.1) is 0 Å². The maximum absolute atomic E-state index is 11.5. The first-order chi connectivity index (χ1) is 8.91. The van der Waals surface area contributed by atoms with Crippen LogP contribution in [0.1, 0.15) is 54.7 Å². The fourth-order valence-electron chi connectivity index (χ4n) is 3.11. The van der Waals surface area contributed by atoms with Crippen LogP contribution in [-0.2, 0) is 0 Å². The molecule has 1 aliphatic rings. The Balaban J connectivity index is 2.56. The molecule has 0 aromatic carbocycles. The average Bonchev–Trinajstić information content (AvgIpc) is 2.26. The van der Waals surface area contributed by atoms with E-state index in [4.69, 9.17) is 0 Å². The summed E-state index contributed by atoms with van der Waals surface area (Å²) < 4.78 is 0. The van der Waals surface area contributed by atoms with Crippen LogP contribution in [0.2, 0.25) is 0 Å². The van der Waals surface area contributed by atoms with Gasteiger partial charge in [-0.2, -0.15) is 0 Å². The van der Waals surface area contributed by atoms with Crippen molar-refractivity contribution < 1.29 is 9.90 Å². The van der Waals surface area contributed by atoms with E-state index < -0.39 is 5.97 Å². The second kappa shape index (κ2) is 5.19. The summed E-state index contributed by atoms with van der Waals surface area (Å²) in [6.45, 7) is 8.07. The van der Waals surface area contributed by atoms with E-state index in [-0.39, 0.29) is 0 Å². The minimum atomic E-state index is -0.884. The Labute approximate surface area is 114 Å². The lowest BCUT2D eigenvalue weighted by atomic mass is 9.96. The van der Waals surface area contributed by atoms with Crippen LogP contribution in [0.15, 0.2) is 6.07 Å². The Morgan fingerprint density at radius 2 is 1.89 bits per heavy atom. The van der Waals surface area contributed by atoms with Crippen molar-refractivity contribution in [1.82, 2.24) is 4.98 Å². The van der Waals surface area contributed by atoms with Crippen molar-refractivity contribution in [3.8, 4) is 0 Å². The van der Waals surface area contributed by atoms with E-state index in [9.17, 15) is 9.90 Å². The number of carboxylic acid groups (broad SMARTS) is 1. The third kappa shape index (κ3) is 2.57. The lowest BCUT2D eigenvalue weighted by Crippen LogP contribution is -2.45. The zero-order valence-corrected chi connectivity index (χ0v) is 12.1. The highest BCUT2D eigenvalue weighted by atomic mass is 16.4. The predicted molar refractivity (Wildman–Crippen MR) is 75.9 cm³/mol. The quantitative estimate of drug-likeness (QED) is 0.889. The van der Waals surface area contributed by atoms with E-state index in [0.29, 0.717) is 23.5 Å². The van der Waals surface area contributed by atoms with E-state index in [1.165, 1.54) is 6.42 Å². The zero-order valence-electron chi connectivity index (χ0n) is 12.1. The number of carbonyl (C=O) groups is 1. The van der Waals surface area contributed by atoms with Gasteiger partial charge in [0.2, 0.25) is 0 Å². The highest BCUT2D eigenvalue weighted by Crippen LogP contribution is 2.31. The molecule has 0 aliphatic carbocycles. The molecule has 1 aromatic rings. The monoisotopic (exact) mass is 262 g/mol. The molecule has 19 heavy (non-hydrogen) atoms. The summed E-state index contributed by atoms with van der Waals surface area (Å²) in [5.41, 5.74) is 2.02. The Kier molecular flexibility index (Phi) is 3.78. The van der Waals surface area contributed by atoms with Crippen molar-refractivity contribution >= 4 is 11.8 Å². The first kappa shape index (κ1) is 13.8. The topological polar surface area (TPSA) is 53.4 Å². The molecule has 1 N–H and O–H groups in total. The SMILES string of the molecule is Cc1cc(C)c(C(=O)O)c(N2C(C)CCCC2C)n1. The van der Waals surface area contributed by atoms with E-state index in [0.717, 1.165) is 24.1 Å². The van der Waals surface area contributed by atoms with Gasteiger partial charge in [-0.25, -0.2) is 9.78 Å². The van der Waals surface area contributed by atoms with Gasteiger partial charge in [0.15, 0.2) is 0 Å². The Morgan fingerprint density at radius 1 is 1.32 bits per heavy atom. The van der Waals surface area contributed by atoms with Gasteiger partial charge in [-0.05, 0) is 58.6 Å². The predicted octanol–water partition coefficient (Wildman–Crippen LogP) is 3.16. The van der Waals surface area contributed by atoms with E-state index >= 15 is 0 Å². The minimum absolute atomic E-state index is 0.343. The lowest BCUT2D eigenvalue weighted by molar-refractivity contribution is 0.0696. The number of anilines is 1. The number of rotatable bonds is 2. The Bertz CT molecular complexity index is 489. The van der Waals surface area contributed by atoms with Crippen LogP contribution >= 0.6 is 0 Å². The van der Waals surface area contributed by atoms with Crippen molar-refractivity contribution in [3.63, 3.8) is 0 Å². The van der Waals surface area contributed by atoms with Gasteiger partial charge in [0.25, 0.3) is 0 Å². The van der Waals surface area contributed by atoms with Gasteiger partial charge in [0.05, 0.1) is 0 Å². The molecule has 1 saturated heterocycles. The molecule has 2 atom stereocenters. The highest BCUT2D eigenvalue weighted by molar-refractivity contribution is 5.95. The van der Waals surface area contributed by atoms with Crippen molar-refractivity contribution in [2.45, 2.75) is 59.0 Å². The zero-order chi connectivity index (χ0) is 14.2. The number of aryl methyl sites for hydroxylation is 2. The molecule has 0 bridgehead atoms. The van der Waals surface area contributed by atoms with Crippen LogP contribution in [0.3, 0.4) is 0 Å². The molecule has 0 amide bonds. The number of aromatic carboxylic acids is 1. The molecule has 1 aromatic heterocycles. The molecule has 0 spiro atoms. The first-order valence-electron chi connectivity index (χ1n) is 6.91. The van der Waals surface area contributed by atoms with Crippen LogP contribution in [-0.4, -0.2) is 28.1 Å². The standard InChI is InChI=1S/C15H22N2O2/c1-9-8-10(2)16-14(13(9)15(18)19)17-11(3)6-5-7-12(17)4/h8,11-12H,5-7H2,1-4H3,(H,18,19). The van der Waals surface area contributed by atoms with Crippen molar-refractivity contribution in [3.05, 3.63) is 22.9 Å². The lowest BCUT2D eigenvalue weighted by Gasteiger charge is -2.40. The third-order valence-corrected chi connectivity index (χ3v) is 3.98. The number of pyridine rings is 1. The first-order valence-corrected chi connectivity index (χ1v) is 6.91. The number of nitrogens with zero attached hydrogens (tertiary/aromatic N) is 2. The molecule has 2 heterocycles. The van der Waals surface area contributed by atoms with Crippen molar-refractivity contribution in [2.24, 2.45) is 0 Å². The van der Waals surface area contributed by atoms with Gasteiger partial charge in [0.1, 0.15) is 11.4 Å². The Morgan fingerprint density at radius 3 is 2.42 bits per heavy atom. The largest absolute Gasteiger partial charge is 0.478 e. The van der Waals surface area contributed by atoms with Gasteiger partial charge in [-0.3, -0.25) is 0 Å².